The van der Waals surface area contributed by atoms with Crippen molar-refractivity contribution in [2.75, 3.05) is 0 Å². The molecule has 1 rings (SSSR count). The predicted molar refractivity (Wildman–Crippen MR) is 68.6 cm³/mol. The molecule has 4 N–H and O–H groups in total. The molecule has 0 fully saturated rings. The van der Waals surface area contributed by atoms with Gasteiger partial charge in [0.15, 0.2) is 0 Å². The lowest BCUT2D eigenvalue weighted by Crippen LogP contribution is -2.37. The van der Waals surface area contributed by atoms with Gasteiger partial charge in [-0.15, -0.1) is 11.3 Å². The summed E-state index contributed by atoms with van der Waals surface area (Å²) in [6, 6.07) is 1.80. The predicted octanol–water partition coefficient (Wildman–Crippen LogP) is 1.70. The second-order valence-corrected chi connectivity index (χ2v) is 4.72. The number of rotatable bonds is 5. The van der Waals surface area contributed by atoms with Gasteiger partial charge in [-0.05, 0) is 30.4 Å². The summed E-state index contributed by atoms with van der Waals surface area (Å²) in [4.78, 5) is 12.6. The molecule has 1 unspecified atom stereocenters. The molecule has 1 aromatic heterocycles. The highest BCUT2D eigenvalue weighted by molar-refractivity contribution is 7.12. The van der Waals surface area contributed by atoms with Crippen LogP contribution in [0.2, 0.25) is 0 Å². The largest absolute Gasteiger partial charge is 0.409 e. The van der Waals surface area contributed by atoms with E-state index in [4.69, 9.17) is 10.9 Å². The average Bonchev–Trinajstić information content (AvgIpc) is 2.74. The van der Waals surface area contributed by atoms with Crippen molar-refractivity contribution in [3.8, 4) is 0 Å². The molecule has 0 saturated heterocycles. The number of nitrogens with zero attached hydrogens (tertiary/aromatic N) is 1. The Morgan fingerprint density at radius 2 is 2.41 bits per heavy atom. The van der Waals surface area contributed by atoms with Gasteiger partial charge in [-0.1, -0.05) is 12.1 Å². The van der Waals surface area contributed by atoms with Gasteiger partial charge < -0.3 is 16.3 Å². The maximum absolute atomic E-state index is 11.9. The zero-order chi connectivity index (χ0) is 12.8. The van der Waals surface area contributed by atoms with Crippen LogP contribution in [0.4, 0.5) is 0 Å². The van der Waals surface area contributed by atoms with Gasteiger partial charge in [-0.2, -0.15) is 0 Å². The topological polar surface area (TPSA) is 87.7 Å². The van der Waals surface area contributed by atoms with E-state index in [-0.39, 0.29) is 17.8 Å². The Hall–Kier alpha value is -1.56. The number of carbonyl (C=O) groups excluding carboxylic acids is 1. The first-order chi connectivity index (χ1) is 8.08. The number of hydrogen-bond acceptors (Lipinski definition) is 4. The fourth-order valence-corrected chi connectivity index (χ4v) is 2.28. The summed E-state index contributed by atoms with van der Waals surface area (Å²) in [5.74, 6) is 0.0233. The molecule has 0 bridgehead atoms. The lowest BCUT2D eigenvalue weighted by Gasteiger charge is -2.15. The van der Waals surface area contributed by atoms with E-state index in [9.17, 15) is 4.79 Å². The molecule has 94 valence electrons. The molecule has 0 aliphatic rings. The number of carbonyl (C=O) groups is 1. The summed E-state index contributed by atoms with van der Waals surface area (Å²) in [7, 11) is 0. The van der Waals surface area contributed by atoms with Crippen LogP contribution in [0, 0.1) is 6.92 Å². The molecule has 1 aromatic rings. The van der Waals surface area contributed by atoms with Crippen molar-refractivity contribution in [1.29, 1.82) is 0 Å². The van der Waals surface area contributed by atoms with Crippen molar-refractivity contribution in [2.24, 2.45) is 10.9 Å². The van der Waals surface area contributed by atoms with Crippen molar-refractivity contribution < 1.29 is 10.0 Å². The van der Waals surface area contributed by atoms with E-state index in [0.717, 1.165) is 12.0 Å². The van der Waals surface area contributed by atoms with E-state index in [0.29, 0.717) is 11.3 Å². The van der Waals surface area contributed by atoms with Gasteiger partial charge in [0.05, 0.1) is 4.88 Å². The van der Waals surface area contributed by atoms with Crippen LogP contribution in [0.3, 0.4) is 0 Å². The number of aryl methyl sites for hydroxylation is 1. The summed E-state index contributed by atoms with van der Waals surface area (Å²) < 4.78 is 0. The molecule has 0 aromatic carbocycles. The van der Waals surface area contributed by atoms with Crippen molar-refractivity contribution in [1.82, 2.24) is 5.32 Å². The summed E-state index contributed by atoms with van der Waals surface area (Å²) in [6.07, 6.45) is 1.08. The number of amides is 1. The second-order valence-electron chi connectivity index (χ2n) is 3.81. The lowest BCUT2D eigenvalue weighted by molar-refractivity contribution is 0.0940. The Kier molecular flexibility index (Phi) is 4.96. The SMILES string of the molecule is CCC(CC(N)=NO)NC(=O)c1sccc1C. The molecule has 17 heavy (non-hydrogen) atoms. The molecule has 0 radical (unpaired) electrons. The molecule has 0 saturated carbocycles. The Bertz CT molecular complexity index is 415. The first-order valence-electron chi connectivity index (χ1n) is 5.39. The van der Waals surface area contributed by atoms with Crippen LogP contribution in [0.1, 0.15) is 35.0 Å². The quantitative estimate of drug-likeness (QED) is 0.324. The van der Waals surface area contributed by atoms with Gasteiger partial charge in [0.25, 0.3) is 5.91 Å². The van der Waals surface area contributed by atoms with Crippen LogP contribution in [0.25, 0.3) is 0 Å². The summed E-state index contributed by atoms with van der Waals surface area (Å²) in [5.41, 5.74) is 6.39. The molecule has 0 aliphatic carbocycles. The minimum absolute atomic E-state index is 0.102. The molecule has 5 nitrogen and oxygen atoms in total. The number of amidine groups is 1. The number of nitrogens with two attached hydrogens (primary N) is 1. The first-order valence-corrected chi connectivity index (χ1v) is 6.27. The number of nitrogens with one attached hydrogen (secondary N) is 1. The third-order valence-electron chi connectivity index (χ3n) is 2.48. The van der Waals surface area contributed by atoms with E-state index in [2.05, 4.69) is 10.5 Å². The number of oxime groups is 1. The third kappa shape index (κ3) is 3.74. The fraction of sp³-hybridized carbons (Fsp3) is 0.455. The van der Waals surface area contributed by atoms with Gasteiger partial charge in [0.2, 0.25) is 0 Å². The minimum atomic E-state index is -0.111. The monoisotopic (exact) mass is 255 g/mol. The van der Waals surface area contributed by atoms with Gasteiger partial charge in [0, 0.05) is 12.5 Å². The molecular formula is C11H17N3O2S. The normalized spacial score (nSPS) is 13.4. The van der Waals surface area contributed by atoms with E-state index < -0.39 is 0 Å². The Morgan fingerprint density at radius 1 is 1.71 bits per heavy atom. The molecule has 0 aliphatic heterocycles. The van der Waals surface area contributed by atoms with Gasteiger partial charge in [-0.3, -0.25) is 4.79 Å². The summed E-state index contributed by atoms with van der Waals surface area (Å²) in [5, 5.41) is 16.2. The smallest absolute Gasteiger partial charge is 0.261 e. The van der Waals surface area contributed by atoms with Crippen LogP contribution in [0.15, 0.2) is 16.6 Å². The highest BCUT2D eigenvalue weighted by Gasteiger charge is 2.16. The molecule has 6 heteroatoms. The number of thiophene rings is 1. The highest BCUT2D eigenvalue weighted by atomic mass is 32.1. The van der Waals surface area contributed by atoms with E-state index in [1.165, 1.54) is 11.3 Å². The third-order valence-corrected chi connectivity index (χ3v) is 3.50. The maximum atomic E-state index is 11.9. The zero-order valence-electron chi connectivity index (χ0n) is 9.93. The first kappa shape index (κ1) is 13.5. The van der Waals surface area contributed by atoms with Crippen molar-refractivity contribution >= 4 is 23.1 Å². The Labute approximate surface area is 104 Å². The standard InChI is InChI=1S/C11H17N3O2S/c1-3-8(6-9(12)14-16)13-11(15)10-7(2)4-5-17-10/h4-5,8,16H,3,6H2,1-2H3,(H2,12,14)(H,13,15). The zero-order valence-corrected chi connectivity index (χ0v) is 10.8. The van der Waals surface area contributed by atoms with Crippen LogP contribution in [-0.4, -0.2) is 23.0 Å². The Balaban J connectivity index is 2.63. The average molecular weight is 255 g/mol. The minimum Gasteiger partial charge on any atom is -0.409 e. The second kappa shape index (κ2) is 6.24. The van der Waals surface area contributed by atoms with Crippen LogP contribution in [0.5, 0.6) is 0 Å². The summed E-state index contributed by atoms with van der Waals surface area (Å²) in [6.45, 7) is 3.84. The number of hydrogen-bond donors (Lipinski definition) is 3. The van der Waals surface area contributed by atoms with Gasteiger partial charge >= 0.3 is 0 Å². The molecule has 1 atom stereocenters. The van der Waals surface area contributed by atoms with E-state index in [1.54, 1.807) is 0 Å². The van der Waals surface area contributed by atoms with Crippen molar-refractivity contribution in [3.63, 3.8) is 0 Å². The van der Waals surface area contributed by atoms with Gasteiger partial charge in [-0.25, -0.2) is 0 Å². The molecule has 0 spiro atoms. The van der Waals surface area contributed by atoms with E-state index >= 15 is 0 Å². The molecule has 1 heterocycles. The summed E-state index contributed by atoms with van der Waals surface area (Å²) >= 11 is 1.41. The lowest BCUT2D eigenvalue weighted by atomic mass is 10.1. The Morgan fingerprint density at radius 3 is 2.88 bits per heavy atom. The molecular weight excluding hydrogens is 238 g/mol. The van der Waals surface area contributed by atoms with Crippen LogP contribution < -0.4 is 11.1 Å². The van der Waals surface area contributed by atoms with Crippen molar-refractivity contribution in [3.05, 3.63) is 21.9 Å². The van der Waals surface area contributed by atoms with Crippen LogP contribution in [-0.2, 0) is 0 Å². The van der Waals surface area contributed by atoms with Crippen LogP contribution >= 0.6 is 11.3 Å². The maximum Gasteiger partial charge on any atom is 0.261 e. The highest BCUT2D eigenvalue weighted by Crippen LogP contribution is 2.15. The van der Waals surface area contributed by atoms with Gasteiger partial charge in [0.1, 0.15) is 5.84 Å². The fourth-order valence-electron chi connectivity index (χ4n) is 1.45. The molecule has 1 amide bonds. The van der Waals surface area contributed by atoms with Crippen molar-refractivity contribution in [2.45, 2.75) is 32.7 Å². The van der Waals surface area contributed by atoms with E-state index in [1.807, 2.05) is 25.3 Å².